The zero-order valence-electron chi connectivity index (χ0n) is 16.1. The monoisotopic (exact) mass is 362 g/mol. The Bertz CT molecular complexity index is 638. The molecule has 0 unspecified atom stereocenters. The minimum absolute atomic E-state index is 0.0564. The SMILES string of the molecule is CCCNC(=NCC(=O)NC(C)(C)C)Nc1ccc2c(c1)OCCCO2. The largest absolute Gasteiger partial charge is 0.490 e. The average molecular weight is 362 g/mol. The Morgan fingerprint density at radius 2 is 1.92 bits per heavy atom. The minimum atomic E-state index is -0.272. The molecule has 0 fully saturated rings. The number of aliphatic imine (C=N–C) groups is 1. The molecule has 144 valence electrons. The van der Waals surface area contributed by atoms with Crippen molar-refractivity contribution in [3.8, 4) is 11.5 Å². The Hall–Kier alpha value is -2.44. The fourth-order valence-electron chi connectivity index (χ4n) is 2.37. The number of guanidine groups is 1. The smallest absolute Gasteiger partial charge is 0.242 e. The lowest BCUT2D eigenvalue weighted by molar-refractivity contribution is -0.121. The summed E-state index contributed by atoms with van der Waals surface area (Å²) in [6.07, 6.45) is 1.82. The Morgan fingerprint density at radius 1 is 1.19 bits per heavy atom. The van der Waals surface area contributed by atoms with Gasteiger partial charge in [-0.05, 0) is 39.3 Å². The average Bonchev–Trinajstić information content (AvgIpc) is 2.80. The lowest BCUT2D eigenvalue weighted by atomic mass is 10.1. The van der Waals surface area contributed by atoms with Crippen molar-refractivity contribution in [2.24, 2.45) is 4.99 Å². The summed E-state index contributed by atoms with van der Waals surface area (Å²) in [5.74, 6) is 1.91. The third-order valence-electron chi connectivity index (χ3n) is 3.45. The first kappa shape index (κ1) is 19.9. The number of carbonyl (C=O) groups excluding carboxylic acids is 1. The van der Waals surface area contributed by atoms with E-state index in [2.05, 4.69) is 27.9 Å². The zero-order valence-corrected chi connectivity index (χ0v) is 16.1. The lowest BCUT2D eigenvalue weighted by Crippen LogP contribution is -2.42. The van der Waals surface area contributed by atoms with Crippen LogP contribution in [-0.4, -0.2) is 43.7 Å². The van der Waals surface area contributed by atoms with E-state index in [4.69, 9.17) is 9.47 Å². The second kappa shape index (κ2) is 9.31. The number of hydrogen-bond donors (Lipinski definition) is 3. The summed E-state index contributed by atoms with van der Waals surface area (Å²) in [6, 6.07) is 5.68. The van der Waals surface area contributed by atoms with Gasteiger partial charge in [0.1, 0.15) is 6.54 Å². The van der Waals surface area contributed by atoms with Crippen LogP contribution in [-0.2, 0) is 4.79 Å². The first-order valence-electron chi connectivity index (χ1n) is 9.13. The van der Waals surface area contributed by atoms with Gasteiger partial charge in [-0.15, -0.1) is 0 Å². The fraction of sp³-hybridized carbons (Fsp3) is 0.579. The number of anilines is 1. The van der Waals surface area contributed by atoms with Crippen molar-refractivity contribution < 1.29 is 14.3 Å². The van der Waals surface area contributed by atoms with E-state index in [1.807, 2.05) is 39.0 Å². The number of benzene rings is 1. The third-order valence-corrected chi connectivity index (χ3v) is 3.45. The van der Waals surface area contributed by atoms with Gasteiger partial charge in [0.15, 0.2) is 17.5 Å². The number of nitrogens with zero attached hydrogens (tertiary/aromatic N) is 1. The lowest BCUT2D eigenvalue weighted by Gasteiger charge is -2.20. The van der Waals surface area contributed by atoms with Crippen molar-refractivity contribution in [3.05, 3.63) is 18.2 Å². The van der Waals surface area contributed by atoms with E-state index in [1.54, 1.807) is 0 Å². The molecule has 2 rings (SSSR count). The van der Waals surface area contributed by atoms with Crippen LogP contribution in [0.1, 0.15) is 40.5 Å². The van der Waals surface area contributed by atoms with Gasteiger partial charge in [0.25, 0.3) is 0 Å². The van der Waals surface area contributed by atoms with Crippen LogP contribution < -0.4 is 25.4 Å². The molecule has 0 atom stereocenters. The van der Waals surface area contributed by atoms with E-state index < -0.39 is 0 Å². The van der Waals surface area contributed by atoms with E-state index in [-0.39, 0.29) is 18.0 Å². The molecule has 0 aromatic heterocycles. The zero-order chi connectivity index (χ0) is 19.0. The molecule has 1 aliphatic rings. The van der Waals surface area contributed by atoms with Crippen molar-refractivity contribution in [1.82, 2.24) is 10.6 Å². The summed E-state index contributed by atoms with van der Waals surface area (Å²) in [5, 5.41) is 9.35. The maximum absolute atomic E-state index is 12.0. The highest BCUT2D eigenvalue weighted by atomic mass is 16.5. The predicted octanol–water partition coefficient (Wildman–Crippen LogP) is 2.53. The van der Waals surface area contributed by atoms with Crippen LogP contribution in [0.25, 0.3) is 0 Å². The van der Waals surface area contributed by atoms with Gasteiger partial charge < -0.3 is 25.4 Å². The highest BCUT2D eigenvalue weighted by Crippen LogP contribution is 2.32. The van der Waals surface area contributed by atoms with Crippen LogP contribution in [0.15, 0.2) is 23.2 Å². The van der Waals surface area contributed by atoms with E-state index in [1.165, 1.54) is 0 Å². The Labute approximate surface area is 155 Å². The highest BCUT2D eigenvalue weighted by Gasteiger charge is 2.14. The molecular formula is C19H30N4O3. The van der Waals surface area contributed by atoms with Crippen LogP contribution in [0.5, 0.6) is 11.5 Å². The topological polar surface area (TPSA) is 84.0 Å². The number of amides is 1. The second-order valence-electron chi connectivity index (χ2n) is 7.23. The summed E-state index contributed by atoms with van der Waals surface area (Å²) < 4.78 is 11.4. The summed E-state index contributed by atoms with van der Waals surface area (Å²) in [6.45, 7) is 10.0. The van der Waals surface area contributed by atoms with E-state index >= 15 is 0 Å². The third kappa shape index (κ3) is 6.82. The van der Waals surface area contributed by atoms with Crippen molar-refractivity contribution in [1.29, 1.82) is 0 Å². The van der Waals surface area contributed by atoms with Gasteiger partial charge in [0.05, 0.1) is 13.2 Å². The van der Waals surface area contributed by atoms with Gasteiger partial charge in [-0.1, -0.05) is 6.92 Å². The van der Waals surface area contributed by atoms with Gasteiger partial charge >= 0.3 is 0 Å². The second-order valence-corrected chi connectivity index (χ2v) is 7.23. The van der Waals surface area contributed by atoms with Crippen LogP contribution in [0.3, 0.4) is 0 Å². The Morgan fingerprint density at radius 3 is 2.62 bits per heavy atom. The molecule has 7 nitrogen and oxygen atoms in total. The van der Waals surface area contributed by atoms with E-state index in [0.717, 1.165) is 30.8 Å². The van der Waals surface area contributed by atoms with Crippen LogP contribution >= 0.6 is 0 Å². The van der Waals surface area contributed by atoms with Crippen molar-refractivity contribution in [2.75, 3.05) is 31.6 Å². The van der Waals surface area contributed by atoms with Crippen LogP contribution in [0.2, 0.25) is 0 Å². The summed E-state index contributed by atoms with van der Waals surface area (Å²) in [7, 11) is 0. The number of rotatable bonds is 5. The van der Waals surface area contributed by atoms with E-state index in [9.17, 15) is 4.79 Å². The highest BCUT2D eigenvalue weighted by molar-refractivity contribution is 5.95. The van der Waals surface area contributed by atoms with Gasteiger partial charge in [-0.25, -0.2) is 4.99 Å². The molecule has 0 bridgehead atoms. The van der Waals surface area contributed by atoms with Crippen molar-refractivity contribution in [2.45, 2.75) is 46.1 Å². The summed E-state index contributed by atoms with van der Waals surface area (Å²) in [5.41, 5.74) is 0.554. The number of fused-ring (bicyclic) bond motifs is 1. The molecule has 1 amide bonds. The minimum Gasteiger partial charge on any atom is -0.490 e. The maximum Gasteiger partial charge on any atom is 0.242 e. The Balaban J connectivity index is 2.06. The molecule has 0 saturated heterocycles. The summed E-state index contributed by atoms with van der Waals surface area (Å²) in [4.78, 5) is 16.4. The molecule has 3 N–H and O–H groups in total. The fourth-order valence-corrected chi connectivity index (χ4v) is 2.37. The predicted molar refractivity (Wildman–Crippen MR) is 104 cm³/mol. The van der Waals surface area contributed by atoms with Gasteiger partial charge in [0, 0.05) is 30.3 Å². The van der Waals surface area contributed by atoms with Gasteiger partial charge in [-0.3, -0.25) is 4.79 Å². The molecule has 7 heteroatoms. The quantitative estimate of drug-likeness (QED) is 0.554. The van der Waals surface area contributed by atoms with E-state index in [0.29, 0.717) is 24.9 Å². The van der Waals surface area contributed by atoms with Gasteiger partial charge in [0.2, 0.25) is 5.91 Å². The summed E-state index contributed by atoms with van der Waals surface area (Å²) >= 11 is 0. The molecule has 1 heterocycles. The molecule has 0 spiro atoms. The maximum atomic E-state index is 12.0. The molecule has 1 aromatic carbocycles. The number of ether oxygens (including phenoxy) is 2. The normalized spacial score (nSPS) is 14.4. The molecule has 0 radical (unpaired) electrons. The Kier molecular flexibility index (Phi) is 7.12. The molecule has 1 aromatic rings. The van der Waals surface area contributed by atoms with Crippen molar-refractivity contribution >= 4 is 17.6 Å². The standard InChI is InChI=1S/C19H30N4O3/c1-5-9-20-18(21-13-17(24)23-19(2,3)4)22-14-7-8-15-16(12-14)26-11-6-10-25-15/h7-8,12H,5-6,9-11,13H2,1-4H3,(H,23,24)(H2,20,21,22). The molecule has 26 heavy (non-hydrogen) atoms. The number of hydrogen-bond acceptors (Lipinski definition) is 4. The first-order valence-corrected chi connectivity index (χ1v) is 9.13. The van der Waals surface area contributed by atoms with Crippen LogP contribution in [0.4, 0.5) is 5.69 Å². The van der Waals surface area contributed by atoms with Crippen molar-refractivity contribution in [3.63, 3.8) is 0 Å². The first-order chi connectivity index (χ1) is 12.4. The molecule has 0 aliphatic carbocycles. The van der Waals surface area contributed by atoms with Gasteiger partial charge in [-0.2, -0.15) is 0 Å². The molecule has 1 aliphatic heterocycles. The number of nitrogens with one attached hydrogen (secondary N) is 3. The van der Waals surface area contributed by atoms with Crippen LogP contribution in [0, 0.1) is 0 Å². The number of carbonyl (C=O) groups is 1. The molecular weight excluding hydrogens is 332 g/mol. The molecule has 0 saturated carbocycles.